The standard InChI is InChI=1S/C17H18N2O5/c1-10-6-12-13(24-5-4-23-12)7-11(10)15(21)19-3-2-17(9-19)8-14(20)18-16(17)22/h6-7H,2-5,8-9H2,1H3,(H,18,20,22). The SMILES string of the molecule is Cc1cc2c(cc1C(=O)N1CCC3(CC(=O)NC3=O)C1)OCCO2. The van der Waals surface area contributed by atoms with Gasteiger partial charge in [-0.2, -0.15) is 0 Å². The molecule has 0 bridgehead atoms. The van der Waals surface area contributed by atoms with Crippen LogP contribution in [0, 0.1) is 12.3 Å². The highest BCUT2D eigenvalue weighted by Crippen LogP contribution is 2.39. The number of fused-ring (bicyclic) bond motifs is 1. The van der Waals surface area contributed by atoms with Gasteiger partial charge >= 0.3 is 0 Å². The number of hydrogen-bond donors (Lipinski definition) is 1. The number of hydrogen-bond acceptors (Lipinski definition) is 5. The zero-order valence-electron chi connectivity index (χ0n) is 13.4. The molecule has 1 unspecified atom stereocenters. The molecule has 7 heteroatoms. The third kappa shape index (κ3) is 2.23. The number of imide groups is 1. The van der Waals surface area contributed by atoms with Crippen LogP contribution in [0.25, 0.3) is 0 Å². The van der Waals surface area contributed by atoms with Gasteiger partial charge < -0.3 is 14.4 Å². The molecule has 1 N–H and O–H groups in total. The molecule has 126 valence electrons. The molecule has 2 fully saturated rings. The summed E-state index contributed by atoms with van der Waals surface area (Å²) < 4.78 is 11.1. The molecule has 1 spiro atoms. The maximum Gasteiger partial charge on any atom is 0.254 e. The lowest BCUT2D eigenvalue weighted by molar-refractivity contribution is -0.128. The monoisotopic (exact) mass is 330 g/mol. The number of carbonyl (C=O) groups excluding carboxylic acids is 3. The first-order chi connectivity index (χ1) is 11.5. The quantitative estimate of drug-likeness (QED) is 0.764. The summed E-state index contributed by atoms with van der Waals surface area (Å²) in [6.45, 7) is 3.55. The van der Waals surface area contributed by atoms with Gasteiger partial charge in [0.25, 0.3) is 5.91 Å². The molecule has 2 saturated heterocycles. The topological polar surface area (TPSA) is 84.9 Å². The summed E-state index contributed by atoms with van der Waals surface area (Å²) in [7, 11) is 0. The third-order valence-electron chi connectivity index (χ3n) is 4.99. The van der Waals surface area contributed by atoms with Crippen molar-refractivity contribution in [2.24, 2.45) is 5.41 Å². The van der Waals surface area contributed by atoms with E-state index in [0.717, 1.165) is 5.56 Å². The lowest BCUT2D eigenvalue weighted by Crippen LogP contribution is -2.37. The molecule has 3 aliphatic heterocycles. The number of nitrogens with zero attached hydrogens (tertiary/aromatic N) is 1. The summed E-state index contributed by atoms with van der Waals surface area (Å²) in [4.78, 5) is 38.1. The second-order valence-corrected chi connectivity index (χ2v) is 6.62. The van der Waals surface area contributed by atoms with Gasteiger partial charge in [-0.05, 0) is 31.0 Å². The predicted molar refractivity (Wildman–Crippen MR) is 82.9 cm³/mol. The summed E-state index contributed by atoms with van der Waals surface area (Å²) >= 11 is 0. The highest BCUT2D eigenvalue weighted by atomic mass is 16.6. The van der Waals surface area contributed by atoms with Crippen LogP contribution in [0.2, 0.25) is 0 Å². The fourth-order valence-electron chi connectivity index (χ4n) is 3.66. The molecular formula is C17H18N2O5. The van der Waals surface area contributed by atoms with E-state index < -0.39 is 5.41 Å². The van der Waals surface area contributed by atoms with Crippen LogP contribution >= 0.6 is 0 Å². The molecule has 3 aliphatic rings. The van der Waals surface area contributed by atoms with Gasteiger partial charge in [-0.1, -0.05) is 0 Å². The van der Waals surface area contributed by atoms with Gasteiger partial charge in [0, 0.05) is 25.1 Å². The Morgan fingerprint density at radius 1 is 1.21 bits per heavy atom. The van der Waals surface area contributed by atoms with Crippen LogP contribution in [0.4, 0.5) is 0 Å². The molecular weight excluding hydrogens is 312 g/mol. The number of likely N-dealkylation sites (tertiary alicyclic amines) is 1. The molecule has 4 rings (SSSR count). The van der Waals surface area contributed by atoms with E-state index in [-0.39, 0.29) is 30.7 Å². The smallest absolute Gasteiger partial charge is 0.254 e. The number of amides is 3. The average molecular weight is 330 g/mol. The van der Waals surface area contributed by atoms with Crippen LogP contribution in [0.15, 0.2) is 12.1 Å². The van der Waals surface area contributed by atoms with E-state index in [1.165, 1.54) is 0 Å². The van der Waals surface area contributed by atoms with Gasteiger partial charge in [0.05, 0.1) is 5.41 Å². The Balaban J connectivity index is 1.59. The van der Waals surface area contributed by atoms with E-state index in [0.29, 0.717) is 43.2 Å². The van der Waals surface area contributed by atoms with E-state index >= 15 is 0 Å². The minimum absolute atomic E-state index is 0.145. The molecule has 0 radical (unpaired) electrons. The van der Waals surface area contributed by atoms with E-state index in [9.17, 15) is 14.4 Å². The highest BCUT2D eigenvalue weighted by molar-refractivity contribution is 6.07. The Labute approximate surface area is 138 Å². The van der Waals surface area contributed by atoms with Crippen LogP contribution < -0.4 is 14.8 Å². The lowest BCUT2D eigenvalue weighted by Gasteiger charge is -2.23. The van der Waals surface area contributed by atoms with Crippen molar-refractivity contribution in [1.82, 2.24) is 10.2 Å². The number of rotatable bonds is 1. The Hall–Kier alpha value is -2.57. The highest BCUT2D eigenvalue weighted by Gasteiger charge is 2.51. The van der Waals surface area contributed by atoms with Crippen molar-refractivity contribution in [2.45, 2.75) is 19.8 Å². The number of nitrogens with one attached hydrogen (secondary N) is 1. The van der Waals surface area contributed by atoms with Crippen molar-refractivity contribution in [3.05, 3.63) is 23.3 Å². The van der Waals surface area contributed by atoms with Gasteiger partial charge in [-0.15, -0.1) is 0 Å². The van der Waals surface area contributed by atoms with Crippen molar-refractivity contribution in [2.75, 3.05) is 26.3 Å². The van der Waals surface area contributed by atoms with Gasteiger partial charge in [0.1, 0.15) is 13.2 Å². The van der Waals surface area contributed by atoms with Crippen molar-refractivity contribution in [3.63, 3.8) is 0 Å². The van der Waals surface area contributed by atoms with Crippen LogP contribution in [-0.4, -0.2) is 48.9 Å². The van der Waals surface area contributed by atoms with Gasteiger partial charge in [0.15, 0.2) is 11.5 Å². The fraction of sp³-hybridized carbons (Fsp3) is 0.471. The zero-order valence-corrected chi connectivity index (χ0v) is 13.4. The first kappa shape index (κ1) is 15.0. The Kier molecular flexibility index (Phi) is 3.26. The Morgan fingerprint density at radius 2 is 1.92 bits per heavy atom. The van der Waals surface area contributed by atoms with Crippen LogP contribution in [0.1, 0.15) is 28.8 Å². The van der Waals surface area contributed by atoms with Gasteiger partial charge in [-0.25, -0.2) is 0 Å². The second-order valence-electron chi connectivity index (χ2n) is 6.62. The van der Waals surface area contributed by atoms with E-state index in [2.05, 4.69) is 5.32 Å². The fourth-order valence-corrected chi connectivity index (χ4v) is 3.66. The molecule has 0 saturated carbocycles. The minimum Gasteiger partial charge on any atom is -0.486 e. The minimum atomic E-state index is -0.755. The molecule has 7 nitrogen and oxygen atoms in total. The van der Waals surface area contributed by atoms with Crippen molar-refractivity contribution in [1.29, 1.82) is 0 Å². The number of aryl methyl sites for hydroxylation is 1. The molecule has 0 aliphatic carbocycles. The summed E-state index contributed by atoms with van der Waals surface area (Å²) in [5.41, 5.74) is 0.590. The largest absolute Gasteiger partial charge is 0.486 e. The molecule has 3 heterocycles. The van der Waals surface area contributed by atoms with Crippen molar-refractivity contribution < 1.29 is 23.9 Å². The summed E-state index contributed by atoms with van der Waals surface area (Å²) in [5, 5.41) is 2.35. The number of carbonyl (C=O) groups is 3. The normalized spacial score (nSPS) is 25.3. The second kappa shape index (κ2) is 5.22. The van der Waals surface area contributed by atoms with Gasteiger partial charge in [0.2, 0.25) is 11.8 Å². The van der Waals surface area contributed by atoms with E-state index in [4.69, 9.17) is 9.47 Å². The first-order valence-corrected chi connectivity index (χ1v) is 8.02. The Morgan fingerprint density at radius 3 is 2.58 bits per heavy atom. The Bertz CT molecular complexity index is 760. The van der Waals surface area contributed by atoms with Crippen LogP contribution in [-0.2, 0) is 9.59 Å². The predicted octanol–water partition coefficient (Wildman–Crippen LogP) is 0.645. The van der Waals surface area contributed by atoms with E-state index in [1.54, 1.807) is 17.0 Å². The maximum atomic E-state index is 12.9. The molecule has 3 amide bonds. The molecule has 1 aromatic rings. The molecule has 24 heavy (non-hydrogen) atoms. The zero-order chi connectivity index (χ0) is 16.9. The van der Waals surface area contributed by atoms with Crippen LogP contribution in [0.5, 0.6) is 11.5 Å². The summed E-state index contributed by atoms with van der Waals surface area (Å²) in [6, 6.07) is 3.51. The summed E-state index contributed by atoms with van der Waals surface area (Å²) in [6.07, 6.45) is 0.676. The summed E-state index contributed by atoms with van der Waals surface area (Å²) in [5.74, 6) is 0.548. The van der Waals surface area contributed by atoms with Crippen molar-refractivity contribution >= 4 is 17.7 Å². The number of benzene rings is 1. The van der Waals surface area contributed by atoms with Crippen molar-refractivity contribution in [3.8, 4) is 11.5 Å². The first-order valence-electron chi connectivity index (χ1n) is 8.02. The lowest BCUT2D eigenvalue weighted by atomic mass is 9.85. The number of ether oxygens (including phenoxy) is 2. The molecule has 0 aromatic heterocycles. The third-order valence-corrected chi connectivity index (χ3v) is 4.99. The van der Waals surface area contributed by atoms with E-state index in [1.807, 2.05) is 6.92 Å². The van der Waals surface area contributed by atoms with Crippen LogP contribution in [0.3, 0.4) is 0 Å². The molecule has 1 aromatic carbocycles. The molecule has 1 atom stereocenters. The van der Waals surface area contributed by atoms with Gasteiger partial charge in [-0.3, -0.25) is 19.7 Å². The maximum absolute atomic E-state index is 12.9. The average Bonchev–Trinajstić information content (AvgIpc) is 3.10.